The van der Waals surface area contributed by atoms with Crippen LogP contribution in [0.15, 0.2) is 41.0 Å². The van der Waals surface area contributed by atoms with Crippen LogP contribution in [0.3, 0.4) is 0 Å². The SMILES string of the molecule is FC(F)(F)c1cc(Br)cc(NCc2ccc[nH]2)c1. The number of halogens is 4. The van der Waals surface area contributed by atoms with E-state index < -0.39 is 11.7 Å². The fourth-order valence-corrected chi connectivity index (χ4v) is 2.02. The lowest BCUT2D eigenvalue weighted by atomic mass is 10.2. The Bertz CT molecular complexity index is 521. The lowest BCUT2D eigenvalue weighted by Crippen LogP contribution is -2.07. The van der Waals surface area contributed by atoms with Gasteiger partial charge in [0, 0.05) is 22.1 Å². The van der Waals surface area contributed by atoms with Gasteiger partial charge in [0.1, 0.15) is 0 Å². The Morgan fingerprint density at radius 1 is 1.22 bits per heavy atom. The molecule has 0 fully saturated rings. The van der Waals surface area contributed by atoms with Crippen LogP contribution in [0.4, 0.5) is 18.9 Å². The molecule has 2 nitrogen and oxygen atoms in total. The predicted molar refractivity (Wildman–Crippen MR) is 67.3 cm³/mol. The Morgan fingerprint density at radius 2 is 2.00 bits per heavy atom. The molecule has 0 saturated heterocycles. The molecule has 0 unspecified atom stereocenters. The fourth-order valence-electron chi connectivity index (χ4n) is 1.53. The van der Waals surface area contributed by atoms with Gasteiger partial charge in [0.05, 0.1) is 12.1 Å². The van der Waals surface area contributed by atoms with E-state index in [9.17, 15) is 13.2 Å². The number of alkyl halides is 3. The van der Waals surface area contributed by atoms with Gasteiger partial charge in [-0.1, -0.05) is 15.9 Å². The Morgan fingerprint density at radius 3 is 2.61 bits per heavy atom. The van der Waals surface area contributed by atoms with Gasteiger partial charge < -0.3 is 10.3 Å². The van der Waals surface area contributed by atoms with Crippen molar-refractivity contribution in [3.63, 3.8) is 0 Å². The van der Waals surface area contributed by atoms with Crippen LogP contribution in [0.2, 0.25) is 0 Å². The molecule has 0 spiro atoms. The van der Waals surface area contributed by atoms with Gasteiger partial charge in [-0.15, -0.1) is 0 Å². The number of H-pyrrole nitrogens is 1. The zero-order valence-corrected chi connectivity index (χ0v) is 10.8. The molecule has 2 N–H and O–H groups in total. The van der Waals surface area contributed by atoms with E-state index in [0.29, 0.717) is 16.7 Å². The van der Waals surface area contributed by atoms with Crippen molar-refractivity contribution in [1.82, 2.24) is 4.98 Å². The fraction of sp³-hybridized carbons (Fsp3) is 0.167. The van der Waals surface area contributed by atoms with Gasteiger partial charge in [0.25, 0.3) is 0 Å². The number of anilines is 1. The van der Waals surface area contributed by atoms with Crippen molar-refractivity contribution in [2.45, 2.75) is 12.7 Å². The molecule has 2 aromatic rings. The van der Waals surface area contributed by atoms with Crippen molar-refractivity contribution in [3.8, 4) is 0 Å². The number of nitrogens with one attached hydrogen (secondary N) is 2. The predicted octanol–water partition coefficient (Wildman–Crippen LogP) is 4.41. The van der Waals surface area contributed by atoms with E-state index in [1.165, 1.54) is 0 Å². The van der Waals surface area contributed by atoms with Gasteiger partial charge in [-0.3, -0.25) is 0 Å². The van der Waals surface area contributed by atoms with E-state index in [4.69, 9.17) is 0 Å². The van der Waals surface area contributed by atoms with Gasteiger partial charge >= 0.3 is 6.18 Å². The summed E-state index contributed by atoms with van der Waals surface area (Å²) in [6, 6.07) is 7.44. The summed E-state index contributed by atoms with van der Waals surface area (Å²) < 4.78 is 38.2. The molecule has 6 heteroatoms. The highest BCUT2D eigenvalue weighted by molar-refractivity contribution is 9.10. The van der Waals surface area contributed by atoms with Gasteiger partial charge in [-0.25, -0.2) is 0 Å². The normalized spacial score (nSPS) is 11.6. The highest BCUT2D eigenvalue weighted by Gasteiger charge is 2.31. The van der Waals surface area contributed by atoms with Crippen LogP contribution >= 0.6 is 15.9 Å². The van der Waals surface area contributed by atoms with Crippen molar-refractivity contribution in [1.29, 1.82) is 0 Å². The second-order valence-corrected chi connectivity index (χ2v) is 4.69. The molecule has 0 atom stereocenters. The number of aromatic nitrogens is 1. The third-order valence-electron chi connectivity index (χ3n) is 2.37. The minimum absolute atomic E-state index is 0.395. The van der Waals surface area contributed by atoms with Crippen molar-refractivity contribution in [2.24, 2.45) is 0 Å². The molecule has 96 valence electrons. The molecule has 0 aliphatic rings. The van der Waals surface area contributed by atoms with E-state index in [1.54, 1.807) is 12.3 Å². The van der Waals surface area contributed by atoms with Crippen LogP contribution in [-0.4, -0.2) is 4.98 Å². The second kappa shape index (κ2) is 5.06. The van der Waals surface area contributed by atoms with Crippen LogP contribution in [-0.2, 0) is 12.7 Å². The first-order valence-corrected chi connectivity index (χ1v) is 5.98. The maximum atomic E-state index is 12.6. The standard InChI is InChI=1S/C12H10BrF3N2/c13-9-4-8(12(14,15)16)5-11(6-9)18-7-10-2-1-3-17-10/h1-6,17-18H,7H2. The zero-order valence-electron chi connectivity index (χ0n) is 9.18. The van der Waals surface area contributed by atoms with Crippen LogP contribution in [0.1, 0.15) is 11.3 Å². The van der Waals surface area contributed by atoms with Crippen LogP contribution in [0, 0.1) is 0 Å². The minimum atomic E-state index is -4.34. The van der Waals surface area contributed by atoms with E-state index in [2.05, 4.69) is 26.2 Å². The summed E-state index contributed by atoms with van der Waals surface area (Å²) >= 11 is 3.08. The first-order valence-electron chi connectivity index (χ1n) is 5.19. The number of hydrogen-bond acceptors (Lipinski definition) is 1. The Hall–Kier alpha value is -1.43. The van der Waals surface area contributed by atoms with Crippen molar-refractivity contribution < 1.29 is 13.2 Å². The Kier molecular flexibility index (Phi) is 3.65. The van der Waals surface area contributed by atoms with E-state index in [1.807, 2.05) is 12.1 Å². The number of rotatable bonds is 3. The third-order valence-corrected chi connectivity index (χ3v) is 2.83. The van der Waals surface area contributed by atoms with Crippen LogP contribution in [0.25, 0.3) is 0 Å². The first-order chi connectivity index (χ1) is 8.45. The van der Waals surface area contributed by atoms with Gasteiger partial charge in [-0.2, -0.15) is 13.2 Å². The smallest absolute Gasteiger partial charge is 0.379 e. The monoisotopic (exact) mass is 318 g/mol. The van der Waals surface area contributed by atoms with Gasteiger partial charge in [0.2, 0.25) is 0 Å². The van der Waals surface area contributed by atoms with E-state index in [-0.39, 0.29) is 0 Å². The zero-order chi connectivity index (χ0) is 13.2. The Balaban J connectivity index is 2.15. The van der Waals surface area contributed by atoms with Crippen molar-refractivity contribution in [3.05, 3.63) is 52.3 Å². The number of benzene rings is 1. The van der Waals surface area contributed by atoms with Crippen molar-refractivity contribution in [2.75, 3.05) is 5.32 Å². The average molecular weight is 319 g/mol. The second-order valence-electron chi connectivity index (χ2n) is 3.78. The summed E-state index contributed by atoms with van der Waals surface area (Å²) in [5, 5.41) is 2.94. The molecule has 1 heterocycles. The summed E-state index contributed by atoms with van der Waals surface area (Å²) in [5.74, 6) is 0. The number of aromatic amines is 1. The summed E-state index contributed by atoms with van der Waals surface area (Å²) in [4.78, 5) is 2.97. The lowest BCUT2D eigenvalue weighted by Gasteiger charge is -2.11. The van der Waals surface area contributed by atoms with Crippen LogP contribution in [0.5, 0.6) is 0 Å². The third kappa shape index (κ3) is 3.29. The van der Waals surface area contributed by atoms with Gasteiger partial charge in [-0.05, 0) is 30.3 Å². The molecule has 0 aliphatic heterocycles. The first kappa shape index (κ1) is 13.0. The molecule has 1 aromatic carbocycles. The highest BCUT2D eigenvalue weighted by Crippen LogP contribution is 2.33. The molecular weight excluding hydrogens is 309 g/mol. The van der Waals surface area contributed by atoms with Crippen molar-refractivity contribution >= 4 is 21.6 Å². The minimum Gasteiger partial charge on any atom is -0.379 e. The average Bonchev–Trinajstić information content (AvgIpc) is 2.77. The topological polar surface area (TPSA) is 27.8 Å². The quantitative estimate of drug-likeness (QED) is 0.862. The van der Waals surface area contributed by atoms with E-state index in [0.717, 1.165) is 17.8 Å². The molecule has 0 saturated carbocycles. The Labute approximate surface area is 110 Å². The number of hydrogen-bond donors (Lipinski definition) is 2. The molecule has 0 radical (unpaired) electrons. The van der Waals surface area contributed by atoms with E-state index >= 15 is 0 Å². The molecule has 0 bridgehead atoms. The molecule has 0 aliphatic carbocycles. The highest BCUT2D eigenvalue weighted by atomic mass is 79.9. The summed E-state index contributed by atoms with van der Waals surface area (Å²) in [7, 11) is 0. The molecule has 18 heavy (non-hydrogen) atoms. The lowest BCUT2D eigenvalue weighted by molar-refractivity contribution is -0.137. The summed E-state index contributed by atoms with van der Waals surface area (Å²) in [6.45, 7) is 0.445. The molecule has 2 rings (SSSR count). The van der Waals surface area contributed by atoms with Crippen LogP contribution < -0.4 is 5.32 Å². The summed E-state index contributed by atoms with van der Waals surface area (Å²) in [5.41, 5.74) is 0.653. The maximum absolute atomic E-state index is 12.6. The summed E-state index contributed by atoms with van der Waals surface area (Å²) in [6.07, 6.45) is -2.58. The molecule has 0 amide bonds. The van der Waals surface area contributed by atoms with Gasteiger partial charge in [0.15, 0.2) is 0 Å². The maximum Gasteiger partial charge on any atom is 0.416 e. The molecular formula is C12H10BrF3N2. The largest absolute Gasteiger partial charge is 0.416 e. The molecule has 1 aromatic heterocycles.